The van der Waals surface area contributed by atoms with Gasteiger partial charge in [0.25, 0.3) is 5.91 Å². The highest BCUT2D eigenvalue weighted by atomic mass is 35.5. The van der Waals surface area contributed by atoms with E-state index in [4.69, 9.17) is 11.6 Å². The lowest BCUT2D eigenvalue weighted by Crippen LogP contribution is -2.18. The van der Waals surface area contributed by atoms with Crippen LogP contribution in [0, 0.1) is 13.8 Å². The first-order chi connectivity index (χ1) is 15.0. The topological polar surface area (TPSA) is 59.3 Å². The first kappa shape index (κ1) is 20.6. The van der Waals surface area contributed by atoms with Gasteiger partial charge in [0.2, 0.25) is 0 Å². The molecule has 5 nitrogen and oxygen atoms in total. The van der Waals surface area contributed by atoms with Gasteiger partial charge >= 0.3 is 0 Å². The second-order valence-electron chi connectivity index (χ2n) is 7.12. The van der Waals surface area contributed by atoms with Crippen molar-refractivity contribution in [2.75, 3.05) is 0 Å². The van der Waals surface area contributed by atoms with Gasteiger partial charge in [0.05, 0.1) is 11.8 Å². The van der Waals surface area contributed by atoms with Crippen molar-refractivity contribution in [2.24, 2.45) is 5.10 Å². The lowest BCUT2D eigenvalue weighted by molar-refractivity contribution is 0.0955. The molecule has 4 aromatic rings. The van der Waals surface area contributed by atoms with Gasteiger partial charge in [0.1, 0.15) is 5.15 Å². The predicted octanol–water partition coefficient (Wildman–Crippen LogP) is 5.57. The van der Waals surface area contributed by atoms with E-state index in [9.17, 15) is 4.79 Å². The molecular weight excluding hydrogens is 408 g/mol. The molecule has 31 heavy (non-hydrogen) atoms. The minimum atomic E-state index is -0.403. The van der Waals surface area contributed by atoms with Crippen LogP contribution in [0.1, 0.15) is 27.3 Å². The SMILES string of the molecule is Cc1cc(C=NNC(=O)c2cccnc2Cl)c(C)n1-c1ccc(-c2ccccc2)cc1. The zero-order chi connectivity index (χ0) is 21.8. The Hall–Kier alpha value is -3.70. The maximum atomic E-state index is 12.2. The number of hydrogen-bond acceptors (Lipinski definition) is 3. The molecule has 0 aliphatic rings. The molecule has 0 atom stereocenters. The number of amides is 1. The second-order valence-corrected chi connectivity index (χ2v) is 7.47. The Labute approximate surface area is 186 Å². The third-order valence-electron chi connectivity index (χ3n) is 5.08. The molecule has 6 heteroatoms. The number of carbonyl (C=O) groups excluding carboxylic acids is 1. The number of rotatable bonds is 5. The van der Waals surface area contributed by atoms with Crippen LogP contribution in [0.3, 0.4) is 0 Å². The fourth-order valence-electron chi connectivity index (χ4n) is 3.53. The number of hydrazone groups is 1. The van der Waals surface area contributed by atoms with Crippen molar-refractivity contribution in [3.8, 4) is 16.8 Å². The number of nitrogens with one attached hydrogen (secondary N) is 1. The smallest absolute Gasteiger partial charge is 0.274 e. The summed E-state index contributed by atoms with van der Waals surface area (Å²) < 4.78 is 2.16. The molecular formula is C25H21ClN4O. The second kappa shape index (κ2) is 8.98. The van der Waals surface area contributed by atoms with Crippen molar-refractivity contribution >= 4 is 23.7 Å². The van der Waals surface area contributed by atoms with E-state index >= 15 is 0 Å². The number of halogens is 1. The molecule has 0 fully saturated rings. The van der Waals surface area contributed by atoms with Gasteiger partial charge in [-0.05, 0) is 55.3 Å². The first-order valence-corrected chi connectivity index (χ1v) is 10.2. The number of nitrogens with zero attached hydrogens (tertiary/aromatic N) is 3. The van der Waals surface area contributed by atoms with E-state index < -0.39 is 5.91 Å². The summed E-state index contributed by atoms with van der Waals surface area (Å²) in [5, 5.41) is 4.24. The summed E-state index contributed by atoms with van der Waals surface area (Å²) in [7, 11) is 0. The summed E-state index contributed by atoms with van der Waals surface area (Å²) in [6.07, 6.45) is 3.17. The maximum Gasteiger partial charge on any atom is 0.274 e. The van der Waals surface area contributed by atoms with Gasteiger partial charge in [-0.1, -0.05) is 54.1 Å². The fourth-order valence-corrected chi connectivity index (χ4v) is 3.73. The van der Waals surface area contributed by atoms with Gasteiger partial charge < -0.3 is 4.57 Å². The van der Waals surface area contributed by atoms with Crippen LogP contribution in [0.15, 0.2) is 84.1 Å². The Kier molecular flexibility index (Phi) is 5.96. The van der Waals surface area contributed by atoms with Gasteiger partial charge in [-0.2, -0.15) is 5.10 Å². The number of aryl methyl sites for hydroxylation is 1. The molecule has 4 rings (SSSR count). The predicted molar refractivity (Wildman–Crippen MR) is 125 cm³/mol. The van der Waals surface area contributed by atoms with Gasteiger partial charge in [-0.15, -0.1) is 0 Å². The number of carbonyl (C=O) groups is 1. The molecule has 1 N–H and O–H groups in total. The van der Waals surface area contributed by atoms with Crippen molar-refractivity contribution in [3.63, 3.8) is 0 Å². The minimum Gasteiger partial charge on any atom is -0.318 e. The molecule has 1 amide bonds. The molecule has 154 valence electrons. The summed E-state index contributed by atoms with van der Waals surface area (Å²) >= 11 is 5.96. The van der Waals surface area contributed by atoms with Crippen LogP contribution in [-0.2, 0) is 0 Å². The highest BCUT2D eigenvalue weighted by molar-refractivity contribution is 6.32. The average Bonchev–Trinajstić information content (AvgIpc) is 3.07. The molecule has 2 heterocycles. The Morgan fingerprint density at radius 1 is 1.00 bits per heavy atom. The highest BCUT2D eigenvalue weighted by Crippen LogP contribution is 2.24. The van der Waals surface area contributed by atoms with Gasteiger partial charge in [-0.3, -0.25) is 4.79 Å². The minimum absolute atomic E-state index is 0.146. The number of aromatic nitrogens is 2. The van der Waals surface area contributed by atoms with Crippen molar-refractivity contribution in [2.45, 2.75) is 13.8 Å². The lowest BCUT2D eigenvalue weighted by Gasteiger charge is -2.11. The lowest BCUT2D eigenvalue weighted by atomic mass is 10.1. The van der Waals surface area contributed by atoms with Crippen molar-refractivity contribution in [1.82, 2.24) is 15.0 Å². The quantitative estimate of drug-likeness (QED) is 0.256. The zero-order valence-corrected chi connectivity index (χ0v) is 18.0. The highest BCUT2D eigenvalue weighted by Gasteiger charge is 2.11. The standard InChI is InChI=1S/C25H21ClN4O/c1-17-15-21(16-28-29-25(31)23-9-6-14-27-24(23)26)18(2)30(17)22-12-10-20(11-13-22)19-7-4-3-5-8-19/h3-16H,1-2H3,(H,29,31). The van der Waals surface area contributed by atoms with E-state index in [0.29, 0.717) is 0 Å². The average molecular weight is 429 g/mol. The van der Waals surface area contributed by atoms with Crippen molar-refractivity contribution in [1.29, 1.82) is 0 Å². The van der Waals surface area contributed by atoms with Gasteiger partial charge in [0.15, 0.2) is 0 Å². The molecule has 0 radical (unpaired) electrons. The molecule has 0 unspecified atom stereocenters. The Morgan fingerprint density at radius 2 is 1.71 bits per heavy atom. The Balaban J connectivity index is 1.53. The number of hydrogen-bond donors (Lipinski definition) is 1. The summed E-state index contributed by atoms with van der Waals surface area (Å²) in [6.45, 7) is 4.07. The van der Waals surface area contributed by atoms with E-state index in [1.165, 1.54) is 17.3 Å². The van der Waals surface area contributed by atoms with Crippen LogP contribution >= 0.6 is 11.6 Å². The molecule has 2 aromatic heterocycles. The molecule has 0 saturated heterocycles. The van der Waals surface area contributed by atoms with E-state index in [0.717, 1.165) is 22.6 Å². The van der Waals surface area contributed by atoms with E-state index in [1.54, 1.807) is 18.3 Å². The monoisotopic (exact) mass is 428 g/mol. The summed E-state index contributed by atoms with van der Waals surface area (Å²) in [6, 6.07) is 24.0. The molecule has 0 aliphatic carbocycles. The Morgan fingerprint density at radius 3 is 2.42 bits per heavy atom. The van der Waals surface area contributed by atoms with Crippen molar-refractivity contribution in [3.05, 3.63) is 107 Å². The third kappa shape index (κ3) is 4.42. The number of pyridine rings is 1. The zero-order valence-electron chi connectivity index (χ0n) is 17.2. The van der Waals surface area contributed by atoms with E-state index in [-0.39, 0.29) is 10.7 Å². The van der Waals surface area contributed by atoms with Crippen LogP contribution in [0.5, 0.6) is 0 Å². The first-order valence-electron chi connectivity index (χ1n) is 9.83. The summed E-state index contributed by atoms with van der Waals surface area (Å²) in [5.41, 5.74) is 9.24. The molecule has 2 aromatic carbocycles. The molecule has 0 saturated carbocycles. The maximum absolute atomic E-state index is 12.2. The molecule has 0 aliphatic heterocycles. The van der Waals surface area contributed by atoms with Gasteiger partial charge in [-0.25, -0.2) is 10.4 Å². The summed E-state index contributed by atoms with van der Waals surface area (Å²) in [4.78, 5) is 16.1. The van der Waals surface area contributed by atoms with Crippen molar-refractivity contribution < 1.29 is 4.79 Å². The van der Waals surface area contributed by atoms with Crippen LogP contribution in [0.2, 0.25) is 5.15 Å². The van der Waals surface area contributed by atoms with Crippen LogP contribution in [-0.4, -0.2) is 21.7 Å². The van der Waals surface area contributed by atoms with Crippen LogP contribution < -0.4 is 5.43 Å². The molecule has 0 bridgehead atoms. The fraction of sp³-hybridized carbons (Fsp3) is 0.0800. The van der Waals surface area contributed by atoms with E-state index in [1.807, 2.05) is 38.1 Å². The van der Waals surface area contributed by atoms with Crippen LogP contribution in [0.25, 0.3) is 16.8 Å². The molecule has 0 spiro atoms. The third-order valence-corrected chi connectivity index (χ3v) is 5.38. The van der Waals surface area contributed by atoms with E-state index in [2.05, 4.69) is 56.5 Å². The largest absolute Gasteiger partial charge is 0.318 e. The van der Waals surface area contributed by atoms with Crippen LogP contribution in [0.4, 0.5) is 0 Å². The summed E-state index contributed by atoms with van der Waals surface area (Å²) in [5.74, 6) is -0.403. The van der Waals surface area contributed by atoms with Gasteiger partial charge in [0, 0.05) is 28.8 Å². The Bertz CT molecular complexity index is 1240. The number of benzene rings is 2. The normalized spacial score (nSPS) is 11.1.